The molecule has 220 valence electrons. The van der Waals surface area contributed by atoms with Crippen molar-refractivity contribution in [2.45, 2.75) is 30.6 Å². The highest BCUT2D eigenvalue weighted by atomic mass is 35.5. The molecule has 9 heteroatoms. The maximum atomic E-state index is 13.5. The van der Waals surface area contributed by atoms with Gasteiger partial charge >= 0.3 is 0 Å². The number of nitrogens with zero attached hydrogens (tertiary/aromatic N) is 2. The molecular formula is C31H40Cl2F2N2O2S. The van der Waals surface area contributed by atoms with Gasteiger partial charge in [0.15, 0.2) is 0 Å². The third kappa shape index (κ3) is 10.8. The van der Waals surface area contributed by atoms with E-state index in [4.69, 9.17) is 4.74 Å². The van der Waals surface area contributed by atoms with Crippen LogP contribution in [-0.4, -0.2) is 73.1 Å². The number of piperazine rings is 1. The molecule has 1 heterocycles. The Morgan fingerprint density at radius 1 is 0.800 bits per heavy atom. The summed E-state index contributed by atoms with van der Waals surface area (Å²) in [5.41, 5.74) is 3.35. The lowest BCUT2D eigenvalue weighted by Gasteiger charge is -2.35. The fraction of sp³-hybridized carbons (Fsp3) is 0.419. The third-order valence-electron chi connectivity index (χ3n) is 7.18. The van der Waals surface area contributed by atoms with Crippen LogP contribution in [0.1, 0.15) is 35.4 Å². The maximum Gasteiger partial charge on any atom is 0.123 e. The van der Waals surface area contributed by atoms with Crippen molar-refractivity contribution in [3.05, 3.63) is 101 Å². The summed E-state index contributed by atoms with van der Waals surface area (Å²) in [4.78, 5) is 4.84. The van der Waals surface area contributed by atoms with E-state index < -0.39 is 0 Å². The standard InChI is InChI=1S/C31H38F2N2O2S.2ClH/c1-37-30-14-4-24(5-15-30)22-38-23-29(36)21-35-19-17-34(18-20-35)16-2-3-31(25-6-10-27(32)11-7-25)26-8-12-28(33)13-9-26;;/h4-15,29,31,36H,2-3,16-23H2,1H3;2*1H. The van der Waals surface area contributed by atoms with Gasteiger partial charge in [-0.25, -0.2) is 8.78 Å². The van der Waals surface area contributed by atoms with E-state index in [-0.39, 0.29) is 48.5 Å². The van der Waals surface area contributed by atoms with E-state index in [2.05, 4.69) is 21.9 Å². The number of thioether (sulfide) groups is 1. The first-order chi connectivity index (χ1) is 18.5. The van der Waals surface area contributed by atoms with Gasteiger partial charge in [-0.2, -0.15) is 11.8 Å². The average molecular weight is 614 g/mol. The van der Waals surface area contributed by atoms with Crippen LogP contribution in [0.15, 0.2) is 72.8 Å². The first kappa shape index (κ1) is 34.3. The Balaban J connectivity index is 0.00000280. The Labute approximate surface area is 253 Å². The minimum absolute atomic E-state index is 0. The van der Waals surface area contributed by atoms with Gasteiger partial charge in [-0.15, -0.1) is 24.8 Å². The van der Waals surface area contributed by atoms with Crippen molar-refractivity contribution in [2.75, 3.05) is 52.1 Å². The fourth-order valence-electron chi connectivity index (χ4n) is 5.02. The normalized spacial score (nSPS) is 14.8. The van der Waals surface area contributed by atoms with Crippen LogP contribution in [0.4, 0.5) is 8.78 Å². The predicted molar refractivity (Wildman–Crippen MR) is 166 cm³/mol. The molecule has 0 amide bonds. The lowest BCUT2D eigenvalue weighted by Crippen LogP contribution is -2.49. The number of aliphatic hydroxyl groups is 1. The molecule has 0 aromatic heterocycles. The van der Waals surface area contributed by atoms with Gasteiger partial charge in [0.25, 0.3) is 0 Å². The SMILES string of the molecule is COc1ccc(CSCC(O)CN2CCN(CCCC(c3ccc(F)cc3)c3ccc(F)cc3)CC2)cc1.Cl.Cl. The van der Waals surface area contributed by atoms with Crippen molar-refractivity contribution in [1.82, 2.24) is 9.80 Å². The van der Waals surface area contributed by atoms with E-state index in [1.165, 1.54) is 29.8 Å². The van der Waals surface area contributed by atoms with E-state index >= 15 is 0 Å². The Kier molecular flexibility index (Phi) is 15.3. The number of ether oxygens (including phenoxy) is 1. The quantitative estimate of drug-likeness (QED) is 0.234. The molecule has 1 aliphatic rings. The van der Waals surface area contributed by atoms with Crippen LogP contribution in [-0.2, 0) is 5.75 Å². The Hall–Kier alpha value is -1.87. The van der Waals surface area contributed by atoms with E-state index in [1.807, 2.05) is 36.4 Å². The number of aliphatic hydroxyl groups excluding tert-OH is 1. The first-order valence-electron chi connectivity index (χ1n) is 13.3. The summed E-state index contributed by atoms with van der Waals surface area (Å²) in [6.45, 7) is 5.60. The first-order valence-corrected chi connectivity index (χ1v) is 14.5. The van der Waals surface area contributed by atoms with Crippen molar-refractivity contribution >= 4 is 36.6 Å². The van der Waals surface area contributed by atoms with Gasteiger partial charge in [-0.1, -0.05) is 36.4 Å². The van der Waals surface area contributed by atoms with Crippen LogP contribution < -0.4 is 4.74 Å². The van der Waals surface area contributed by atoms with Gasteiger partial charge in [-0.05, 0) is 72.5 Å². The Morgan fingerprint density at radius 3 is 1.85 bits per heavy atom. The number of halogens is 4. The molecule has 3 aromatic rings. The van der Waals surface area contributed by atoms with Gasteiger partial charge in [0, 0.05) is 50.1 Å². The van der Waals surface area contributed by atoms with Crippen LogP contribution in [0.5, 0.6) is 5.75 Å². The van der Waals surface area contributed by atoms with Gasteiger partial charge < -0.3 is 14.7 Å². The fourth-order valence-corrected chi connectivity index (χ4v) is 5.94. The van der Waals surface area contributed by atoms with Gasteiger partial charge in [0.2, 0.25) is 0 Å². The molecule has 4 rings (SSSR count). The van der Waals surface area contributed by atoms with Crippen molar-refractivity contribution in [1.29, 1.82) is 0 Å². The highest BCUT2D eigenvalue weighted by Gasteiger charge is 2.20. The maximum absolute atomic E-state index is 13.5. The molecule has 0 radical (unpaired) electrons. The number of benzene rings is 3. The molecule has 0 spiro atoms. The summed E-state index contributed by atoms with van der Waals surface area (Å²) in [5.74, 6) is 2.09. The van der Waals surface area contributed by atoms with E-state index in [0.717, 1.165) is 73.9 Å². The van der Waals surface area contributed by atoms with E-state index in [9.17, 15) is 13.9 Å². The minimum Gasteiger partial charge on any atom is -0.497 e. The molecular weight excluding hydrogens is 573 g/mol. The summed E-state index contributed by atoms with van der Waals surface area (Å²) >= 11 is 1.76. The van der Waals surface area contributed by atoms with Gasteiger partial charge in [-0.3, -0.25) is 4.90 Å². The zero-order valence-electron chi connectivity index (χ0n) is 22.9. The molecule has 1 saturated heterocycles. The van der Waals surface area contributed by atoms with Crippen LogP contribution >= 0.6 is 36.6 Å². The number of hydrogen-bond donors (Lipinski definition) is 1. The molecule has 0 aliphatic carbocycles. The van der Waals surface area contributed by atoms with Crippen molar-refractivity contribution < 1.29 is 18.6 Å². The van der Waals surface area contributed by atoms with E-state index in [1.54, 1.807) is 18.9 Å². The molecule has 4 nitrogen and oxygen atoms in total. The highest BCUT2D eigenvalue weighted by Crippen LogP contribution is 2.30. The lowest BCUT2D eigenvalue weighted by molar-refractivity contribution is 0.0819. The number of methoxy groups -OCH3 is 1. The van der Waals surface area contributed by atoms with Gasteiger partial charge in [0.1, 0.15) is 17.4 Å². The topological polar surface area (TPSA) is 35.9 Å². The zero-order valence-corrected chi connectivity index (χ0v) is 25.3. The summed E-state index contributed by atoms with van der Waals surface area (Å²) < 4.78 is 32.2. The second-order valence-electron chi connectivity index (χ2n) is 9.96. The molecule has 0 bridgehead atoms. The Bertz CT molecular complexity index is 1050. The number of β-amino-alcohol motifs (C(OH)–C–C–N with tert-alkyl or cyclic N) is 1. The number of rotatable bonds is 13. The second-order valence-corrected chi connectivity index (χ2v) is 11.0. The van der Waals surface area contributed by atoms with Crippen LogP contribution in [0.25, 0.3) is 0 Å². The minimum atomic E-state index is -0.336. The zero-order chi connectivity index (χ0) is 26.7. The Morgan fingerprint density at radius 2 is 1.32 bits per heavy atom. The van der Waals surface area contributed by atoms with Gasteiger partial charge in [0.05, 0.1) is 13.2 Å². The number of hydrogen-bond acceptors (Lipinski definition) is 5. The highest BCUT2D eigenvalue weighted by molar-refractivity contribution is 7.98. The summed E-state index contributed by atoms with van der Waals surface area (Å²) in [6.07, 6.45) is 1.59. The molecule has 1 fully saturated rings. The van der Waals surface area contributed by atoms with Crippen molar-refractivity contribution in [3.63, 3.8) is 0 Å². The molecule has 3 aromatic carbocycles. The molecule has 1 atom stereocenters. The summed E-state index contributed by atoms with van der Waals surface area (Å²) in [7, 11) is 1.67. The molecule has 1 N–H and O–H groups in total. The van der Waals surface area contributed by atoms with Crippen LogP contribution in [0, 0.1) is 11.6 Å². The van der Waals surface area contributed by atoms with Crippen LogP contribution in [0.3, 0.4) is 0 Å². The molecule has 0 saturated carbocycles. The largest absolute Gasteiger partial charge is 0.497 e. The van der Waals surface area contributed by atoms with Crippen molar-refractivity contribution in [3.8, 4) is 5.75 Å². The smallest absolute Gasteiger partial charge is 0.123 e. The molecule has 1 unspecified atom stereocenters. The third-order valence-corrected chi connectivity index (χ3v) is 8.34. The van der Waals surface area contributed by atoms with Crippen LogP contribution in [0.2, 0.25) is 0 Å². The summed E-state index contributed by atoms with van der Waals surface area (Å²) in [6, 6.07) is 21.4. The lowest BCUT2D eigenvalue weighted by atomic mass is 9.87. The second kappa shape index (κ2) is 17.8. The van der Waals surface area contributed by atoms with Crippen molar-refractivity contribution in [2.24, 2.45) is 0 Å². The van der Waals surface area contributed by atoms with E-state index in [0.29, 0.717) is 6.54 Å². The monoisotopic (exact) mass is 612 g/mol. The molecule has 40 heavy (non-hydrogen) atoms. The average Bonchev–Trinajstić information content (AvgIpc) is 2.94. The summed E-state index contributed by atoms with van der Waals surface area (Å²) in [5, 5.41) is 10.5. The predicted octanol–water partition coefficient (Wildman–Crippen LogP) is 6.64. The molecule has 1 aliphatic heterocycles.